The first-order valence-corrected chi connectivity index (χ1v) is 3.15. The summed E-state index contributed by atoms with van der Waals surface area (Å²) in [6.07, 6.45) is 2.36. The van der Waals surface area contributed by atoms with Crippen molar-refractivity contribution < 1.29 is 15.1 Å². The molecule has 0 aliphatic carbocycles. The molecule has 0 atom stereocenters. The van der Waals surface area contributed by atoms with Gasteiger partial charge in [-0.25, -0.2) is 4.98 Å². The molecule has 0 radical (unpaired) electrons. The van der Waals surface area contributed by atoms with Gasteiger partial charge in [0.1, 0.15) is 0 Å². The first-order valence-electron chi connectivity index (χ1n) is 3.15. The van der Waals surface area contributed by atoms with Crippen LogP contribution in [0.25, 0.3) is 0 Å². The fraction of sp³-hybridized carbons (Fsp3) is 0.167. The molecule has 0 fully saturated rings. The summed E-state index contributed by atoms with van der Waals surface area (Å²) in [7, 11) is 0. The summed E-state index contributed by atoms with van der Waals surface area (Å²) in [6.45, 7) is 0. The number of carboxylic acid groups (broad SMARTS) is 1. The van der Waals surface area contributed by atoms with Crippen molar-refractivity contribution in [2.75, 3.05) is 5.48 Å². The molecule has 0 saturated heterocycles. The number of carbonyl (C=O) groups is 1. The standard InChI is InChI=1S/C6H7N3O3/c10-6(11)1-4-2-8-5(9-12)3-7-4/h2-3,12H,1H2,(H,8,9)(H,10,11). The summed E-state index contributed by atoms with van der Waals surface area (Å²) >= 11 is 0. The van der Waals surface area contributed by atoms with Crippen molar-refractivity contribution >= 4 is 11.8 Å². The Hall–Kier alpha value is -1.69. The smallest absolute Gasteiger partial charge is 0.309 e. The number of carboxylic acids is 1. The lowest BCUT2D eigenvalue weighted by molar-refractivity contribution is -0.136. The Morgan fingerprint density at radius 2 is 2.25 bits per heavy atom. The summed E-state index contributed by atoms with van der Waals surface area (Å²) in [6, 6.07) is 0. The number of nitrogens with zero attached hydrogens (tertiary/aromatic N) is 2. The van der Waals surface area contributed by atoms with Crippen LogP contribution >= 0.6 is 0 Å². The molecule has 6 heteroatoms. The minimum absolute atomic E-state index is 0.168. The fourth-order valence-corrected chi connectivity index (χ4v) is 0.659. The summed E-state index contributed by atoms with van der Waals surface area (Å²) < 4.78 is 0. The first kappa shape index (κ1) is 8.41. The van der Waals surface area contributed by atoms with Crippen molar-refractivity contribution in [2.45, 2.75) is 6.42 Å². The van der Waals surface area contributed by atoms with Crippen molar-refractivity contribution in [1.29, 1.82) is 0 Å². The number of hydrogen-bond acceptors (Lipinski definition) is 5. The first-order chi connectivity index (χ1) is 5.72. The summed E-state index contributed by atoms with van der Waals surface area (Å²) in [4.78, 5) is 17.6. The molecule has 0 aliphatic heterocycles. The van der Waals surface area contributed by atoms with Gasteiger partial charge in [-0.05, 0) is 0 Å². The second-order valence-electron chi connectivity index (χ2n) is 2.08. The van der Waals surface area contributed by atoms with Crippen LogP contribution < -0.4 is 5.48 Å². The molecule has 6 nitrogen and oxygen atoms in total. The molecule has 0 spiro atoms. The lowest BCUT2D eigenvalue weighted by Crippen LogP contribution is -2.03. The van der Waals surface area contributed by atoms with E-state index in [0.717, 1.165) is 0 Å². The quantitative estimate of drug-likeness (QED) is 0.547. The Morgan fingerprint density at radius 3 is 2.67 bits per heavy atom. The van der Waals surface area contributed by atoms with E-state index in [1.54, 1.807) is 5.48 Å². The monoisotopic (exact) mass is 169 g/mol. The molecular formula is C6H7N3O3. The molecule has 0 saturated carbocycles. The Bertz CT molecular complexity index is 272. The zero-order valence-electron chi connectivity index (χ0n) is 6.06. The Kier molecular flexibility index (Phi) is 2.54. The van der Waals surface area contributed by atoms with E-state index in [1.807, 2.05) is 0 Å². The summed E-state index contributed by atoms with van der Waals surface area (Å²) in [5.41, 5.74) is 2.14. The zero-order valence-corrected chi connectivity index (χ0v) is 6.06. The maximum absolute atomic E-state index is 10.2. The predicted octanol–water partition coefficient (Wildman–Crippen LogP) is -0.0952. The molecule has 0 aromatic carbocycles. The van der Waals surface area contributed by atoms with Crippen LogP contribution in [0.4, 0.5) is 5.82 Å². The van der Waals surface area contributed by atoms with Gasteiger partial charge >= 0.3 is 5.97 Å². The molecule has 0 amide bonds. The van der Waals surface area contributed by atoms with Crippen LogP contribution in [0.5, 0.6) is 0 Å². The van der Waals surface area contributed by atoms with E-state index in [2.05, 4.69) is 9.97 Å². The SMILES string of the molecule is O=C(O)Cc1cnc(NO)cn1. The number of aliphatic carboxylic acids is 1. The average molecular weight is 169 g/mol. The highest BCUT2D eigenvalue weighted by molar-refractivity contribution is 5.69. The zero-order chi connectivity index (χ0) is 8.97. The fourth-order valence-electron chi connectivity index (χ4n) is 0.659. The number of rotatable bonds is 3. The molecular weight excluding hydrogens is 162 g/mol. The van der Waals surface area contributed by atoms with E-state index >= 15 is 0 Å². The van der Waals surface area contributed by atoms with E-state index in [9.17, 15) is 4.79 Å². The highest BCUT2D eigenvalue weighted by Crippen LogP contribution is 1.99. The minimum atomic E-state index is -0.964. The van der Waals surface area contributed by atoms with E-state index in [0.29, 0.717) is 5.69 Å². The number of hydrogen-bond donors (Lipinski definition) is 3. The Labute approximate surface area is 67.9 Å². The van der Waals surface area contributed by atoms with Crippen LogP contribution in [-0.4, -0.2) is 26.3 Å². The largest absolute Gasteiger partial charge is 0.481 e. The van der Waals surface area contributed by atoms with E-state index in [4.69, 9.17) is 10.3 Å². The molecule has 1 aromatic rings. The van der Waals surface area contributed by atoms with Crippen LogP contribution in [-0.2, 0) is 11.2 Å². The molecule has 1 rings (SSSR count). The maximum atomic E-state index is 10.2. The van der Waals surface area contributed by atoms with Gasteiger partial charge in [0, 0.05) is 0 Å². The van der Waals surface area contributed by atoms with Gasteiger partial charge in [0.25, 0.3) is 0 Å². The van der Waals surface area contributed by atoms with Crippen LogP contribution in [0, 0.1) is 0 Å². The van der Waals surface area contributed by atoms with E-state index in [-0.39, 0.29) is 12.2 Å². The molecule has 0 unspecified atom stereocenters. The molecule has 3 N–H and O–H groups in total. The second kappa shape index (κ2) is 3.63. The summed E-state index contributed by atoms with van der Waals surface area (Å²) in [5.74, 6) is -0.779. The normalized spacial score (nSPS) is 9.42. The molecule has 64 valence electrons. The lowest BCUT2D eigenvalue weighted by atomic mass is 10.3. The third-order valence-electron chi connectivity index (χ3n) is 1.15. The van der Waals surface area contributed by atoms with Crippen molar-refractivity contribution in [2.24, 2.45) is 0 Å². The number of nitrogens with one attached hydrogen (secondary N) is 1. The molecule has 12 heavy (non-hydrogen) atoms. The van der Waals surface area contributed by atoms with E-state index < -0.39 is 5.97 Å². The molecule has 1 heterocycles. The van der Waals surface area contributed by atoms with Crippen molar-refractivity contribution in [3.8, 4) is 0 Å². The van der Waals surface area contributed by atoms with Crippen molar-refractivity contribution in [3.05, 3.63) is 18.1 Å². The van der Waals surface area contributed by atoms with Gasteiger partial charge in [0.15, 0.2) is 5.82 Å². The van der Waals surface area contributed by atoms with Crippen LogP contribution in [0.3, 0.4) is 0 Å². The molecule has 1 aromatic heterocycles. The van der Waals surface area contributed by atoms with Gasteiger partial charge in [0.2, 0.25) is 0 Å². The minimum Gasteiger partial charge on any atom is -0.481 e. The van der Waals surface area contributed by atoms with Crippen LogP contribution in [0.2, 0.25) is 0 Å². The number of anilines is 1. The predicted molar refractivity (Wildman–Crippen MR) is 38.8 cm³/mol. The Balaban J connectivity index is 2.71. The third-order valence-corrected chi connectivity index (χ3v) is 1.15. The lowest BCUT2D eigenvalue weighted by Gasteiger charge is -1.97. The highest BCUT2D eigenvalue weighted by atomic mass is 16.5. The van der Waals surface area contributed by atoms with E-state index in [1.165, 1.54) is 12.4 Å². The molecule has 0 aliphatic rings. The highest BCUT2D eigenvalue weighted by Gasteiger charge is 2.01. The second-order valence-corrected chi connectivity index (χ2v) is 2.08. The third kappa shape index (κ3) is 2.17. The molecule has 0 bridgehead atoms. The van der Waals surface area contributed by atoms with Crippen molar-refractivity contribution in [1.82, 2.24) is 9.97 Å². The number of aromatic nitrogens is 2. The van der Waals surface area contributed by atoms with Gasteiger partial charge in [-0.2, -0.15) is 0 Å². The average Bonchev–Trinajstić information content (AvgIpc) is 2.05. The van der Waals surface area contributed by atoms with Crippen molar-refractivity contribution in [3.63, 3.8) is 0 Å². The van der Waals surface area contributed by atoms with Gasteiger partial charge < -0.3 is 5.11 Å². The topological polar surface area (TPSA) is 95.3 Å². The van der Waals surface area contributed by atoms with Crippen LogP contribution in [0.1, 0.15) is 5.69 Å². The summed E-state index contributed by atoms with van der Waals surface area (Å²) in [5, 5.41) is 16.7. The van der Waals surface area contributed by atoms with Crippen LogP contribution in [0.15, 0.2) is 12.4 Å². The van der Waals surface area contributed by atoms with Gasteiger partial charge in [-0.1, -0.05) is 0 Å². The Morgan fingerprint density at radius 1 is 1.50 bits per heavy atom. The maximum Gasteiger partial charge on any atom is 0.309 e. The van der Waals surface area contributed by atoms with Gasteiger partial charge in [-0.15, -0.1) is 0 Å². The van der Waals surface area contributed by atoms with Gasteiger partial charge in [-0.3, -0.25) is 20.5 Å². The van der Waals surface area contributed by atoms with Gasteiger partial charge in [0.05, 0.1) is 24.5 Å².